The Morgan fingerprint density at radius 1 is 1.50 bits per heavy atom. The van der Waals surface area contributed by atoms with E-state index in [-0.39, 0.29) is 0 Å². The molecule has 1 aliphatic heterocycles. The van der Waals surface area contributed by atoms with E-state index in [1.165, 1.54) is 10.4 Å². The second kappa shape index (κ2) is 6.48. The Labute approximate surface area is 134 Å². The van der Waals surface area contributed by atoms with Gasteiger partial charge < -0.3 is 10.2 Å². The molecule has 0 aliphatic carbocycles. The van der Waals surface area contributed by atoms with Crippen LogP contribution in [0.1, 0.15) is 27.8 Å². The molecule has 118 valence electrons. The highest BCUT2D eigenvalue weighted by molar-refractivity contribution is 7.11. The van der Waals surface area contributed by atoms with Gasteiger partial charge in [-0.15, -0.1) is 11.3 Å². The molecule has 2 aromatic heterocycles. The van der Waals surface area contributed by atoms with Crippen LogP contribution >= 0.6 is 11.3 Å². The molecule has 7 heteroatoms. The molecule has 0 aromatic carbocycles. The maximum Gasteiger partial charge on any atom is 0.193 e. The van der Waals surface area contributed by atoms with Crippen LogP contribution in [0.5, 0.6) is 0 Å². The van der Waals surface area contributed by atoms with Crippen LogP contribution in [0.3, 0.4) is 0 Å². The smallest absolute Gasteiger partial charge is 0.193 e. The number of aryl methyl sites for hydroxylation is 2. The molecule has 1 aliphatic rings. The van der Waals surface area contributed by atoms with E-state index in [1.54, 1.807) is 11.3 Å². The van der Waals surface area contributed by atoms with Crippen molar-refractivity contribution in [2.45, 2.75) is 25.8 Å². The van der Waals surface area contributed by atoms with Gasteiger partial charge in [0.05, 0.1) is 17.7 Å². The minimum Gasteiger partial charge on any atom is -0.351 e. The molecular formula is C15H22N6S. The van der Waals surface area contributed by atoms with Crippen molar-refractivity contribution >= 4 is 17.3 Å². The second-order valence-corrected chi connectivity index (χ2v) is 6.94. The number of likely N-dealkylation sites (tertiary alicyclic amines) is 1. The highest BCUT2D eigenvalue weighted by Crippen LogP contribution is 2.26. The van der Waals surface area contributed by atoms with Crippen LogP contribution in [0.25, 0.3) is 0 Å². The summed E-state index contributed by atoms with van der Waals surface area (Å²) in [5, 5.41) is 8.82. The minimum atomic E-state index is 0.540. The van der Waals surface area contributed by atoms with Crippen LogP contribution in [-0.2, 0) is 13.6 Å². The molecule has 6 nitrogen and oxygen atoms in total. The molecule has 1 unspecified atom stereocenters. The van der Waals surface area contributed by atoms with Crippen LogP contribution in [0.15, 0.2) is 23.6 Å². The first-order chi connectivity index (χ1) is 10.7. The highest BCUT2D eigenvalue weighted by Gasteiger charge is 2.26. The van der Waals surface area contributed by atoms with Crippen molar-refractivity contribution in [1.82, 2.24) is 25.0 Å². The predicted octanol–water partition coefficient (Wildman–Crippen LogP) is 1.75. The maximum absolute atomic E-state index is 4.42. The molecule has 1 fully saturated rings. The van der Waals surface area contributed by atoms with Crippen molar-refractivity contribution in [3.63, 3.8) is 0 Å². The minimum absolute atomic E-state index is 0.540. The summed E-state index contributed by atoms with van der Waals surface area (Å²) in [4.78, 5) is 12.3. The van der Waals surface area contributed by atoms with E-state index < -0.39 is 0 Å². The van der Waals surface area contributed by atoms with E-state index in [2.05, 4.69) is 31.5 Å². The molecule has 1 saturated heterocycles. The molecule has 1 atom stereocenters. The number of hydrogen-bond donors (Lipinski definition) is 1. The van der Waals surface area contributed by atoms with Crippen molar-refractivity contribution in [3.05, 3.63) is 34.0 Å². The Morgan fingerprint density at radius 3 is 3.00 bits per heavy atom. The lowest BCUT2D eigenvalue weighted by molar-refractivity contribution is 0.486. The summed E-state index contributed by atoms with van der Waals surface area (Å²) in [6, 6.07) is 0. The molecule has 0 spiro atoms. The van der Waals surface area contributed by atoms with Crippen molar-refractivity contribution in [2.75, 3.05) is 20.1 Å². The zero-order valence-electron chi connectivity index (χ0n) is 13.3. The van der Waals surface area contributed by atoms with Gasteiger partial charge in [0.1, 0.15) is 0 Å². The van der Waals surface area contributed by atoms with E-state index in [1.807, 2.05) is 38.1 Å². The molecule has 22 heavy (non-hydrogen) atoms. The monoisotopic (exact) mass is 318 g/mol. The second-order valence-electron chi connectivity index (χ2n) is 5.63. The van der Waals surface area contributed by atoms with Gasteiger partial charge >= 0.3 is 0 Å². The summed E-state index contributed by atoms with van der Waals surface area (Å²) < 4.78 is 1.87. The van der Waals surface area contributed by atoms with Gasteiger partial charge in [-0.05, 0) is 18.9 Å². The fourth-order valence-electron chi connectivity index (χ4n) is 2.86. The lowest BCUT2D eigenvalue weighted by atomic mass is 10.0. The van der Waals surface area contributed by atoms with Gasteiger partial charge in [-0.1, -0.05) is 0 Å². The number of thiazole rings is 1. The first kappa shape index (κ1) is 15.0. The number of hydrogen-bond acceptors (Lipinski definition) is 4. The van der Waals surface area contributed by atoms with Gasteiger partial charge in [0.15, 0.2) is 5.96 Å². The lowest BCUT2D eigenvalue weighted by Gasteiger charge is -2.21. The molecular weight excluding hydrogens is 296 g/mol. The van der Waals surface area contributed by atoms with E-state index in [4.69, 9.17) is 0 Å². The van der Waals surface area contributed by atoms with E-state index in [0.29, 0.717) is 5.92 Å². The lowest BCUT2D eigenvalue weighted by Crippen LogP contribution is -2.39. The number of nitrogens with one attached hydrogen (secondary N) is 1. The van der Waals surface area contributed by atoms with Gasteiger partial charge in [-0.2, -0.15) is 5.10 Å². The Bertz CT molecular complexity index is 659. The Kier molecular flexibility index (Phi) is 4.42. The number of aromatic nitrogens is 3. The summed E-state index contributed by atoms with van der Waals surface area (Å²) in [7, 11) is 3.81. The number of aliphatic imine (C=N–C) groups is 1. The Morgan fingerprint density at radius 2 is 2.36 bits per heavy atom. The van der Waals surface area contributed by atoms with Gasteiger partial charge in [0.25, 0.3) is 0 Å². The number of guanidine groups is 1. The van der Waals surface area contributed by atoms with Gasteiger partial charge in [-0.25, -0.2) is 4.98 Å². The molecule has 2 aromatic rings. The van der Waals surface area contributed by atoms with Crippen molar-refractivity contribution in [2.24, 2.45) is 12.0 Å². The average molecular weight is 318 g/mol. The number of nitrogens with zero attached hydrogens (tertiary/aromatic N) is 5. The normalized spacial score (nSPS) is 19.0. The molecule has 3 rings (SSSR count). The third kappa shape index (κ3) is 3.30. The predicted molar refractivity (Wildman–Crippen MR) is 89.2 cm³/mol. The summed E-state index contributed by atoms with van der Waals surface area (Å²) in [5.74, 6) is 1.51. The first-order valence-corrected chi connectivity index (χ1v) is 8.33. The van der Waals surface area contributed by atoms with Crippen LogP contribution in [0.4, 0.5) is 0 Å². The van der Waals surface area contributed by atoms with Gasteiger partial charge in [0.2, 0.25) is 0 Å². The summed E-state index contributed by atoms with van der Waals surface area (Å²) in [6.45, 7) is 4.84. The topological polar surface area (TPSA) is 58.3 Å². The zero-order valence-corrected chi connectivity index (χ0v) is 14.1. The highest BCUT2D eigenvalue weighted by atomic mass is 32.1. The van der Waals surface area contributed by atoms with Crippen LogP contribution < -0.4 is 5.32 Å². The zero-order chi connectivity index (χ0) is 15.5. The van der Waals surface area contributed by atoms with Crippen LogP contribution in [-0.4, -0.2) is 45.8 Å². The average Bonchev–Trinajstić information content (AvgIpc) is 3.21. The molecule has 0 amide bonds. The summed E-state index contributed by atoms with van der Waals surface area (Å²) in [5.41, 5.74) is 1.32. The van der Waals surface area contributed by atoms with Crippen molar-refractivity contribution in [1.29, 1.82) is 0 Å². The fourth-order valence-corrected chi connectivity index (χ4v) is 3.60. The first-order valence-electron chi connectivity index (χ1n) is 7.51. The molecule has 3 heterocycles. The van der Waals surface area contributed by atoms with Gasteiger partial charge in [0, 0.05) is 50.4 Å². The van der Waals surface area contributed by atoms with Gasteiger partial charge in [-0.3, -0.25) is 9.67 Å². The third-order valence-corrected chi connectivity index (χ3v) is 4.90. The number of rotatable bonds is 3. The van der Waals surface area contributed by atoms with Crippen LogP contribution in [0.2, 0.25) is 0 Å². The molecule has 0 saturated carbocycles. The summed E-state index contributed by atoms with van der Waals surface area (Å²) in [6.07, 6.45) is 7.17. The van der Waals surface area contributed by atoms with E-state index >= 15 is 0 Å². The van der Waals surface area contributed by atoms with E-state index in [0.717, 1.165) is 37.0 Å². The summed E-state index contributed by atoms with van der Waals surface area (Å²) >= 11 is 1.72. The quantitative estimate of drug-likeness (QED) is 0.692. The van der Waals surface area contributed by atoms with Crippen LogP contribution in [0, 0.1) is 6.92 Å². The fraction of sp³-hybridized carbons (Fsp3) is 0.533. The van der Waals surface area contributed by atoms with E-state index in [9.17, 15) is 0 Å². The molecule has 1 N–H and O–H groups in total. The van der Waals surface area contributed by atoms with Crippen molar-refractivity contribution < 1.29 is 0 Å². The third-order valence-electron chi connectivity index (χ3n) is 3.99. The standard InChI is InChI=1S/C15H22N6S/c1-11-17-7-14(22-11)8-18-15(16-2)21-5-4-12(10-21)13-6-19-20(3)9-13/h6-7,9,12H,4-5,8,10H2,1-3H3,(H,16,18). The Hall–Kier alpha value is -1.89. The Balaban J connectivity index is 1.58. The SMILES string of the molecule is CN=C(NCc1cnc(C)s1)N1CCC(c2cnn(C)c2)C1. The van der Waals surface area contributed by atoms with Crippen molar-refractivity contribution in [3.8, 4) is 0 Å². The largest absolute Gasteiger partial charge is 0.351 e. The molecule has 0 bridgehead atoms. The maximum atomic E-state index is 4.42. The molecule has 0 radical (unpaired) electrons.